The average molecular weight is 222 g/mol. The van der Waals surface area contributed by atoms with E-state index in [0.717, 1.165) is 29.7 Å². The number of carbonyl (C=O) groups excluding carboxylic acids is 2. The van der Waals surface area contributed by atoms with Crippen LogP contribution in [-0.2, 0) is 4.79 Å². The molecule has 2 nitrogen and oxygen atoms in total. The Morgan fingerprint density at radius 3 is 2.67 bits per heavy atom. The lowest BCUT2D eigenvalue weighted by molar-refractivity contribution is -0.124. The summed E-state index contributed by atoms with van der Waals surface area (Å²) in [6.45, 7) is 1.91. The van der Waals surface area contributed by atoms with Crippen molar-refractivity contribution in [3.8, 4) is 0 Å². The van der Waals surface area contributed by atoms with Gasteiger partial charge in [0.15, 0.2) is 5.78 Å². The molecule has 0 aromatic carbocycles. The van der Waals surface area contributed by atoms with Gasteiger partial charge in [0.2, 0.25) is 0 Å². The first-order chi connectivity index (χ1) is 7.18. The summed E-state index contributed by atoms with van der Waals surface area (Å²) in [5, 5.41) is 1.90. The minimum Gasteiger partial charge on any atom is -0.299 e. The predicted octanol–water partition coefficient (Wildman–Crippen LogP) is 3.00. The SMILES string of the molecule is Cc1ccsc1C(=O)CC(=O)C1CCC1. The highest BCUT2D eigenvalue weighted by Crippen LogP contribution is 2.29. The fourth-order valence-electron chi connectivity index (χ4n) is 1.77. The smallest absolute Gasteiger partial charge is 0.180 e. The van der Waals surface area contributed by atoms with E-state index in [1.54, 1.807) is 0 Å². The summed E-state index contributed by atoms with van der Waals surface area (Å²) in [6, 6.07) is 1.92. The normalized spacial score (nSPS) is 16.1. The monoisotopic (exact) mass is 222 g/mol. The Balaban J connectivity index is 1.97. The van der Waals surface area contributed by atoms with Gasteiger partial charge in [0.05, 0.1) is 11.3 Å². The third kappa shape index (κ3) is 2.17. The van der Waals surface area contributed by atoms with Gasteiger partial charge in [-0.05, 0) is 36.8 Å². The van der Waals surface area contributed by atoms with Crippen LogP contribution in [-0.4, -0.2) is 11.6 Å². The Hall–Kier alpha value is -0.960. The first-order valence-corrected chi connectivity index (χ1v) is 6.16. The van der Waals surface area contributed by atoms with Crippen molar-refractivity contribution < 1.29 is 9.59 Å². The van der Waals surface area contributed by atoms with Gasteiger partial charge in [-0.15, -0.1) is 11.3 Å². The van der Waals surface area contributed by atoms with Gasteiger partial charge < -0.3 is 0 Å². The number of rotatable bonds is 4. The predicted molar refractivity (Wildman–Crippen MR) is 60.4 cm³/mol. The fraction of sp³-hybridized carbons (Fsp3) is 0.500. The molecule has 1 heterocycles. The van der Waals surface area contributed by atoms with Crippen LogP contribution in [0.4, 0.5) is 0 Å². The highest BCUT2D eigenvalue weighted by molar-refractivity contribution is 7.12. The first-order valence-electron chi connectivity index (χ1n) is 5.28. The molecule has 1 aliphatic rings. The van der Waals surface area contributed by atoms with Crippen molar-refractivity contribution in [3.63, 3.8) is 0 Å². The van der Waals surface area contributed by atoms with E-state index in [-0.39, 0.29) is 23.9 Å². The number of hydrogen-bond acceptors (Lipinski definition) is 3. The zero-order valence-electron chi connectivity index (χ0n) is 8.79. The third-order valence-corrected chi connectivity index (χ3v) is 4.07. The Morgan fingerprint density at radius 1 is 1.47 bits per heavy atom. The summed E-state index contributed by atoms with van der Waals surface area (Å²) in [6.07, 6.45) is 3.21. The van der Waals surface area contributed by atoms with E-state index in [0.29, 0.717) is 0 Å². The molecule has 1 saturated carbocycles. The average Bonchev–Trinajstić information content (AvgIpc) is 2.47. The molecular weight excluding hydrogens is 208 g/mol. The lowest BCUT2D eigenvalue weighted by Crippen LogP contribution is -2.24. The molecule has 0 amide bonds. The summed E-state index contributed by atoms with van der Waals surface area (Å²) in [5.74, 6) is 0.313. The zero-order chi connectivity index (χ0) is 10.8. The van der Waals surface area contributed by atoms with Crippen molar-refractivity contribution in [1.82, 2.24) is 0 Å². The quantitative estimate of drug-likeness (QED) is 0.579. The molecule has 15 heavy (non-hydrogen) atoms. The highest BCUT2D eigenvalue weighted by atomic mass is 32.1. The van der Waals surface area contributed by atoms with Crippen LogP contribution >= 0.6 is 11.3 Å². The van der Waals surface area contributed by atoms with Crippen molar-refractivity contribution in [2.45, 2.75) is 32.6 Å². The minimum atomic E-state index is -0.000556. The number of aryl methyl sites for hydroxylation is 1. The van der Waals surface area contributed by atoms with Crippen LogP contribution in [0.5, 0.6) is 0 Å². The lowest BCUT2D eigenvalue weighted by atomic mass is 9.80. The van der Waals surface area contributed by atoms with Gasteiger partial charge in [-0.25, -0.2) is 0 Å². The standard InChI is InChI=1S/C12H14O2S/c1-8-5-6-15-12(8)11(14)7-10(13)9-3-2-4-9/h5-6,9H,2-4,7H2,1H3. The van der Waals surface area contributed by atoms with Crippen LogP contribution in [0.15, 0.2) is 11.4 Å². The topological polar surface area (TPSA) is 34.1 Å². The minimum absolute atomic E-state index is 0.000556. The van der Waals surface area contributed by atoms with Gasteiger partial charge in [0.1, 0.15) is 5.78 Å². The van der Waals surface area contributed by atoms with Gasteiger partial charge in [-0.3, -0.25) is 9.59 Å². The van der Waals surface area contributed by atoms with Gasteiger partial charge in [0.25, 0.3) is 0 Å². The van der Waals surface area contributed by atoms with Gasteiger partial charge in [-0.2, -0.15) is 0 Å². The summed E-state index contributed by atoms with van der Waals surface area (Å²) < 4.78 is 0. The molecule has 80 valence electrons. The van der Waals surface area contributed by atoms with E-state index in [9.17, 15) is 9.59 Å². The molecule has 0 atom stereocenters. The van der Waals surface area contributed by atoms with E-state index < -0.39 is 0 Å². The second-order valence-corrected chi connectivity index (χ2v) is 5.04. The summed E-state index contributed by atoms with van der Waals surface area (Å²) >= 11 is 1.44. The maximum absolute atomic E-state index is 11.8. The van der Waals surface area contributed by atoms with E-state index in [4.69, 9.17) is 0 Å². The van der Waals surface area contributed by atoms with Crippen LogP contribution in [0.2, 0.25) is 0 Å². The van der Waals surface area contributed by atoms with Gasteiger partial charge >= 0.3 is 0 Å². The van der Waals surface area contributed by atoms with Gasteiger partial charge in [-0.1, -0.05) is 6.42 Å². The molecule has 0 N–H and O–H groups in total. The van der Waals surface area contributed by atoms with E-state index in [1.165, 1.54) is 11.3 Å². The molecule has 0 unspecified atom stereocenters. The van der Waals surface area contributed by atoms with Crippen LogP contribution in [0.3, 0.4) is 0 Å². The summed E-state index contributed by atoms with van der Waals surface area (Å²) in [5.41, 5.74) is 0.992. The largest absolute Gasteiger partial charge is 0.299 e. The molecule has 0 saturated heterocycles. The van der Waals surface area contributed by atoms with Gasteiger partial charge in [0, 0.05) is 5.92 Å². The highest BCUT2D eigenvalue weighted by Gasteiger charge is 2.27. The van der Waals surface area contributed by atoms with Crippen LogP contribution in [0.1, 0.15) is 40.9 Å². The Bertz CT molecular complexity index is 388. The molecule has 0 aliphatic heterocycles. The zero-order valence-corrected chi connectivity index (χ0v) is 9.60. The number of thiophene rings is 1. The number of Topliss-reactive ketones (excluding diaryl/α,β-unsaturated/α-hetero) is 2. The third-order valence-electron chi connectivity index (χ3n) is 3.01. The molecule has 1 aliphatic carbocycles. The summed E-state index contributed by atoms with van der Waals surface area (Å²) in [4.78, 5) is 24.1. The molecule has 1 aromatic heterocycles. The molecular formula is C12H14O2S. The van der Waals surface area contributed by atoms with Crippen molar-refractivity contribution in [1.29, 1.82) is 0 Å². The fourth-order valence-corrected chi connectivity index (χ4v) is 2.64. The van der Waals surface area contributed by atoms with Crippen LogP contribution in [0.25, 0.3) is 0 Å². The number of ketones is 2. The summed E-state index contributed by atoms with van der Waals surface area (Å²) in [7, 11) is 0. The maximum Gasteiger partial charge on any atom is 0.180 e. The van der Waals surface area contributed by atoms with Crippen molar-refractivity contribution in [2.75, 3.05) is 0 Å². The van der Waals surface area contributed by atoms with Crippen molar-refractivity contribution >= 4 is 22.9 Å². The number of hydrogen-bond donors (Lipinski definition) is 0. The van der Waals surface area contributed by atoms with E-state index in [2.05, 4.69) is 0 Å². The Labute approximate surface area is 93.3 Å². The van der Waals surface area contributed by atoms with Crippen molar-refractivity contribution in [3.05, 3.63) is 21.9 Å². The van der Waals surface area contributed by atoms with E-state index in [1.807, 2.05) is 18.4 Å². The molecule has 1 aromatic rings. The van der Waals surface area contributed by atoms with E-state index >= 15 is 0 Å². The molecule has 1 fully saturated rings. The molecule has 2 rings (SSSR count). The lowest BCUT2D eigenvalue weighted by Gasteiger charge is -2.23. The second kappa shape index (κ2) is 4.27. The molecule has 0 bridgehead atoms. The molecule has 0 radical (unpaired) electrons. The Morgan fingerprint density at radius 2 is 2.20 bits per heavy atom. The van der Waals surface area contributed by atoms with Crippen LogP contribution in [0, 0.1) is 12.8 Å². The number of carbonyl (C=O) groups is 2. The van der Waals surface area contributed by atoms with Crippen molar-refractivity contribution in [2.24, 2.45) is 5.92 Å². The van der Waals surface area contributed by atoms with Crippen LogP contribution < -0.4 is 0 Å². The maximum atomic E-state index is 11.8. The Kier molecular flexibility index (Phi) is 3.00. The molecule has 3 heteroatoms. The molecule has 0 spiro atoms. The first kappa shape index (κ1) is 10.6. The second-order valence-electron chi connectivity index (χ2n) is 4.13.